The van der Waals surface area contributed by atoms with Crippen LogP contribution in [0.3, 0.4) is 0 Å². The normalized spacial score (nSPS) is 11.1. The molecular formula is C22H17N5O2S. The fraction of sp³-hybridized carbons (Fsp3) is 0.0909. The molecule has 0 radical (unpaired) electrons. The lowest BCUT2D eigenvalue weighted by molar-refractivity contribution is 0.413. The van der Waals surface area contributed by atoms with E-state index in [1.54, 1.807) is 30.4 Å². The maximum absolute atomic E-state index is 5.39. The molecule has 0 amide bonds. The number of hydrogen-bond donors (Lipinski definition) is 0. The lowest BCUT2D eigenvalue weighted by Crippen LogP contribution is -2.00. The second-order valence-corrected chi connectivity index (χ2v) is 7.60. The van der Waals surface area contributed by atoms with Crippen LogP contribution in [0.1, 0.15) is 11.3 Å². The van der Waals surface area contributed by atoms with Crippen LogP contribution in [0.15, 0.2) is 87.4 Å². The zero-order valence-electron chi connectivity index (χ0n) is 16.1. The van der Waals surface area contributed by atoms with Crippen molar-refractivity contribution in [3.05, 3.63) is 84.5 Å². The molecule has 0 saturated carbocycles. The average Bonchev–Trinajstić information content (AvgIpc) is 3.53. The van der Waals surface area contributed by atoms with E-state index in [2.05, 4.69) is 51.5 Å². The average molecular weight is 415 g/mol. The molecule has 30 heavy (non-hydrogen) atoms. The molecule has 0 spiro atoms. The van der Waals surface area contributed by atoms with Gasteiger partial charge in [-0.25, -0.2) is 0 Å². The summed E-state index contributed by atoms with van der Waals surface area (Å²) in [6.45, 7) is 2.07. The van der Waals surface area contributed by atoms with Crippen molar-refractivity contribution >= 4 is 11.8 Å². The van der Waals surface area contributed by atoms with Crippen LogP contribution in [0.25, 0.3) is 28.6 Å². The molecular weight excluding hydrogens is 398 g/mol. The smallest absolute Gasteiger partial charge is 0.202 e. The van der Waals surface area contributed by atoms with Crippen molar-refractivity contribution in [2.45, 2.75) is 17.8 Å². The Morgan fingerprint density at radius 3 is 2.57 bits per heavy atom. The van der Waals surface area contributed by atoms with E-state index in [0.717, 1.165) is 27.9 Å². The van der Waals surface area contributed by atoms with E-state index >= 15 is 0 Å². The summed E-state index contributed by atoms with van der Waals surface area (Å²) in [5.41, 5.74) is 3.94. The van der Waals surface area contributed by atoms with Gasteiger partial charge in [-0.3, -0.25) is 9.55 Å². The van der Waals surface area contributed by atoms with Crippen LogP contribution in [0.5, 0.6) is 0 Å². The van der Waals surface area contributed by atoms with Gasteiger partial charge in [0.05, 0.1) is 12.0 Å². The molecule has 0 saturated heterocycles. The molecule has 0 fully saturated rings. The van der Waals surface area contributed by atoms with E-state index in [4.69, 9.17) is 8.94 Å². The van der Waals surface area contributed by atoms with E-state index in [9.17, 15) is 0 Å². The van der Waals surface area contributed by atoms with Crippen LogP contribution in [0, 0.1) is 6.92 Å². The van der Waals surface area contributed by atoms with Crippen LogP contribution in [-0.4, -0.2) is 24.9 Å². The summed E-state index contributed by atoms with van der Waals surface area (Å²) in [7, 11) is 0. The molecule has 0 bridgehead atoms. The SMILES string of the molecule is Cc1ccc(-n2c(SCc3cc(-c4ccco4)on3)nnc2-c2ccncc2)cc1. The first-order valence-electron chi connectivity index (χ1n) is 9.33. The molecule has 8 heteroatoms. The van der Waals surface area contributed by atoms with Gasteiger partial charge in [0.1, 0.15) is 0 Å². The molecule has 0 unspecified atom stereocenters. The second-order valence-electron chi connectivity index (χ2n) is 6.66. The first-order chi connectivity index (χ1) is 14.8. The minimum absolute atomic E-state index is 0.588. The number of aromatic nitrogens is 5. The Labute approximate surface area is 176 Å². The predicted octanol–water partition coefficient (Wildman–Crippen LogP) is 5.18. The standard InChI is InChI=1S/C22H17N5O2S/c1-15-4-6-18(7-5-15)27-21(16-8-10-23-11-9-16)24-25-22(27)30-14-17-13-20(29-26-17)19-3-2-12-28-19/h2-13H,14H2,1H3. The fourth-order valence-corrected chi connectivity index (χ4v) is 3.86. The largest absolute Gasteiger partial charge is 0.461 e. The van der Waals surface area contributed by atoms with Gasteiger partial charge in [-0.1, -0.05) is 34.6 Å². The van der Waals surface area contributed by atoms with E-state index in [0.29, 0.717) is 17.3 Å². The highest BCUT2D eigenvalue weighted by Gasteiger charge is 2.17. The zero-order valence-corrected chi connectivity index (χ0v) is 16.9. The summed E-state index contributed by atoms with van der Waals surface area (Å²) < 4.78 is 12.8. The highest BCUT2D eigenvalue weighted by molar-refractivity contribution is 7.98. The lowest BCUT2D eigenvalue weighted by Gasteiger charge is -2.10. The molecule has 4 aromatic heterocycles. The highest BCUT2D eigenvalue weighted by Crippen LogP contribution is 2.30. The monoisotopic (exact) mass is 415 g/mol. The first kappa shape index (κ1) is 18.4. The number of hydrogen-bond acceptors (Lipinski definition) is 7. The molecule has 148 valence electrons. The summed E-state index contributed by atoms with van der Waals surface area (Å²) >= 11 is 1.55. The van der Waals surface area contributed by atoms with Gasteiger partial charge < -0.3 is 8.94 Å². The number of benzene rings is 1. The molecule has 0 aliphatic carbocycles. The predicted molar refractivity (Wildman–Crippen MR) is 113 cm³/mol. The maximum atomic E-state index is 5.39. The van der Waals surface area contributed by atoms with E-state index < -0.39 is 0 Å². The number of nitrogens with zero attached hydrogens (tertiary/aromatic N) is 5. The van der Waals surface area contributed by atoms with E-state index in [-0.39, 0.29) is 0 Å². The van der Waals surface area contributed by atoms with Gasteiger partial charge in [0.15, 0.2) is 16.7 Å². The van der Waals surface area contributed by atoms with E-state index in [1.165, 1.54) is 5.56 Å². The zero-order chi connectivity index (χ0) is 20.3. The number of furan rings is 1. The van der Waals surface area contributed by atoms with Crippen LogP contribution < -0.4 is 0 Å². The van der Waals surface area contributed by atoms with Gasteiger partial charge in [0, 0.05) is 35.5 Å². The molecule has 0 atom stereocenters. The van der Waals surface area contributed by atoms with Gasteiger partial charge in [-0.05, 0) is 43.3 Å². The van der Waals surface area contributed by atoms with Crippen LogP contribution in [-0.2, 0) is 5.75 Å². The summed E-state index contributed by atoms with van der Waals surface area (Å²) in [4.78, 5) is 4.10. The van der Waals surface area contributed by atoms with Gasteiger partial charge in [0.2, 0.25) is 5.76 Å². The third kappa shape index (κ3) is 3.65. The van der Waals surface area contributed by atoms with Gasteiger partial charge in [0.25, 0.3) is 0 Å². The van der Waals surface area contributed by atoms with Crippen molar-refractivity contribution in [2.24, 2.45) is 0 Å². The van der Waals surface area contributed by atoms with Crippen molar-refractivity contribution in [3.8, 4) is 28.6 Å². The van der Waals surface area contributed by atoms with Crippen LogP contribution in [0.4, 0.5) is 0 Å². The topological polar surface area (TPSA) is 82.8 Å². The number of thioether (sulfide) groups is 1. The highest BCUT2D eigenvalue weighted by atomic mass is 32.2. The maximum Gasteiger partial charge on any atom is 0.202 e. The summed E-state index contributed by atoms with van der Waals surface area (Å²) in [5.74, 6) is 2.61. The first-order valence-corrected chi connectivity index (χ1v) is 10.3. The van der Waals surface area contributed by atoms with Gasteiger partial charge in [-0.2, -0.15) is 0 Å². The molecule has 5 rings (SSSR count). The molecule has 5 aromatic rings. The number of pyridine rings is 1. The molecule has 4 heterocycles. The number of rotatable bonds is 6. The Kier molecular flexibility index (Phi) is 4.90. The molecule has 1 aromatic carbocycles. The lowest BCUT2D eigenvalue weighted by atomic mass is 10.2. The third-order valence-corrected chi connectivity index (χ3v) is 5.50. The van der Waals surface area contributed by atoms with Crippen LogP contribution >= 0.6 is 11.8 Å². The second kappa shape index (κ2) is 8.00. The van der Waals surface area contributed by atoms with Crippen LogP contribution in [0.2, 0.25) is 0 Å². The Morgan fingerprint density at radius 2 is 1.80 bits per heavy atom. The summed E-state index contributed by atoms with van der Waals surface area (Å²) in [5, 5.41) is 13.8. The Morgan fingerprint density at radius 1 is 0.967 bits per heavy atom. The Hall–Kier alpha value is -3.65. The molecule has 0 N–H and O–H groups in total. The Balaban J connectivity index is 1.46. The van der Waals surface area contributed by atoms with Crippen molar-refractivity contribution in [1.82, 2.24) is 24.9 Å². The van der Waals surface area contributed by atoms with E-state index in [1.807, 2.05) is 34.9 Å². The quantitative estimate of drug-likeness (QED) is 0.353. The van der Waals surface area contributed by atoms with Gasteiger partial charge >= 0.3 is 0 Å². The third-order valence-electron chi connectivity index (χ3n) is 4.54. The molecule has 0 aliphatic heterocycles. The van der Waals surface area contributed by atoms with Crippen molar-refractivity contribution < 1.29 is 8.94 Å². The fourth-order valence-electron chi connectivity index (χ4n) is 3.03. The van der Waals surface area contributed by atoms with Crippen molar-refractivity contribution in [2.75, 3.05) is 0 Å². The summed E-state index contributed by atoms with van der Waals surface area (Å²) in [6.07, 6.45) is 5.11. The minimum atomic E-state index is 0.588. The molecule has 7 nitrogen and oxygen atoms in total. The van der Waals surface area contributed by atoms with Gasteiger partial charge in [-0.15, -0.1) is 10.2 Å². The van der Waals surface area contributed by atoms with Crippen molar-refractivity contribution in [1.29, 1.82) is 0 Å². The molecule has 0 aliphatic rings. The Bertz CT molecular complexity index is 1240. The van der Waals surface area contributed by atoms with Crippen molar-refractivity contribution in [3.63, 3.8) is 0 Å². The number of aryl methyl sites for hydroxylation is 1. The minimum Gasteiger partial charge on any atom is -0.461 e. The summed E-state index contributed by atoms with van der Waals surface area (Å²) in [6, 6.07) is 17.7.